The molecule has 1 amide bonds. The smallest absolute Gasteiger partial charge is 0.241 e. The standard InChI is InChI=1S/C23H28N4O2.2ClH/c1-23(2,3)29-20-11-9-18(10-12-20)26-22(28)21(24)13-19-15-27(16-25-19)14-17-7-5-4-6-8-17;;/h4-12,15-16,21H,13-14,24H2,1-3H3,(H,26,28);2*1H/t21-;;/m0../s1. The van der Waals surface area contributed by atoms with E-state index >= 15 is 0 Å². The van der Waals surface area contributed by atoms with Gasteiger partial charge in [-0.1, -0.05) is 30.3 Å². The van der Waals surface area contributed by atoms with Crippen LogP contribution in [0, 0.1) is 0 Å². The number of hydrogen-bond acceptors (Lipinski definition) is 4. The summed E-state index contributed by atoms with van der Waals surface area (Å²) in [6.45, 7) is 6.70. The number of aromatic nitrogens is 2. The van der Waals surface area contributed by atoms with Gasteiger partial charge in [0.25, 0.3) is 0 Å². The Morgan fingerprint density at radius 1 is 1.10 bits per heavy atom. The van der Waals surface area contributed by atoms with Crippen LogP contribution in [0.5, 0.6) is 5.75 Å². The highest BCUT2D eigenvalue weighted by molar-refractivity contribution is 5.94. The number of halogens is 2. The fraction of sp³-hybridized carbons (Fsp3) is 0.304. The van der Waals surface area contributed by atoms with E-state index in [0.29, 0.717) is 12.1 Å². The zero-order chi connectivity index (χ0) is 20.9. The number of ether oxygens (including phenoxy) is 1. The zero-order valence-electron chi connectivity index (χ0n) is 17.9. The number of hydrogen-bond donors (Lipinski definition) is 2. The van der Waals surface area contributed by atoms with Gasteiger partial charge in [-0.25, -0.2) is 4.98 Å². The van der Waals surface area contributed by atoms with Crippen molar-refractivity contribution >= 4 is 36.4 Å². The summed E-state index contributed by atoms with van der Waals surface area (Å²) < 4.78 is 7.77. The van der Waals surface area contributed by atoms with Crippen LogP contribution in [0.3, 0.4) is 0 Å². The number of nitrogens with zero attached hydrogens (tertiary/aromatic N) is 2. The van der Waals surface area contributed by atoms with Crippen LogP contribution in [0.4, 0.5) is 5.69 Å². The number of anilines is 1. The minimum atomic E-state index is -0.680. The molecule has 8 heteroatoms. The average molecular weight is 465 g/mol. The minimum absolute atomic E-state index is 0. The van der Waals surface area contributed by atoms with Gasteiger partial charge in [0, 0.05) is 24.8 Å². The molecule has 0 saturated heterocycles. The summed E-state index contributed by atoms with van der Waals surface area (Å²) in [5, 5.41) is 2.84. The molecule has 0 aliphatic rings. The van der Waals surface area contributed by atoms with Crippen molar-refractivity contribution in [3.63, 3.8) is 0 Å². The molecular weight excluding hydrogens is 435 g/mol. The number of rotatable bonds is 7. The second-order valence-corrected chi connectivity index (χ2v) is 8.06. The van der Waals surface area contributed by atoms with Crippen LogP contribution in [0.2, 0.25) is 0 Å². The van der Waals surface area contributed by atoms with Gasteiger partial charge in [0.2, 0.25) is 5.91 Å². The lowest BCUT2D eigenvalue weighted by molar-refractivity contribution is -0.117. The molecule has 0 aliphatic carbocycles. The van der Waals surface area contributed by atoms with Gasteiger partial charge in [-0.3, -0.25) is 4.79 Å². The molecule has 3 rings (SSSR count). The maximum Gasteiger partial charge on any atom is 0.241 e. The zero-order valence-corrected chi connectivity index (χ0v) is 19.6. The summed E-state index contributed by atoms with van der Waals surface area (Å²) in [4.78, 5) is 16.8. The lowest BCUT2D eigenvalue weighted by Gasteiger charge is -2.21. The van der Waals surface area contributed by atoms with Crippen molar-refractivity contribution in [2.24, 2.45) is 5.73 Å². The first kappa shape index (κ1) is 26.5. The van der Waals surface area contributed by atoms with E-state index in [1.165, 1.54) is 5.56 Å². The molecule has 1 heterocycles. The first-order chi connectivity index (χ1) is 13.8. The molecular formula is C23H30Cl2N4O2. The van der Waals surface area contributed by atoms with E-state index in [2.05, 4.69) is 22.4 Å². The number of nitrogens with one attached hydrogen (secondary N) is 1. The fourth-order valence-corrected chi connectivity index (χ4v) is 2.91. The van der Waals surface area contributed by atoms with E-state index < -0.39 is 6.04 Å². The number of nitrogens with two attached hydrogens (primary N) is 1. The highest BCUT2D eigenvalue weighted by Gasteiger charge is 2.16. The van der Waals surface area contributed by atoms with E-state index in [0.717, 1.165) is 18.0 Å². The van der Waals surface area contributed by atoms with Gasteiger partial charge < -0.3 is 20.4 Å². The minimum Gasteiger partial charge on any atom is -0.488 e. The Morgan fingerprint density at radius 2 is 1.74 bits per heavy atom. The normalized spacial score (nSPS) is 11.6. The van der Waals surface area contributed by atoms with Crippen molar-refractivity contribution in [1.29, 1.82) is 0 Å². The molecule has 1 aromatic heterocycles. The van der Waals surface area contributed by atoms with Crippen molar-refractivity contribution in [1.82, 2.24) is 9.55 Å². The lowest BCUT2D eigenvalue weighted by atomic mass is 10.1. The molecule has 0 aliphatic heterocycles. The summed E-state index contributed by atoms with van der Waals surface area (Å²) in [6, 6.07) is 16.7. The van der Waals surface area contributed by atoms with Gasteiger partial charge in [0.15, 0.2) is 0 Å². The van der Waals surface area contributed by atoms with Gasteiger partial charge in [0.05, 0.1) is 18.1 Å². The largest absolute Gasteiger partial charge is 0.488 e. The predicted molar refractivity (Wildman–Crippen MR) is 129 cm³/mol. The average Bonchev–Trinajstić information content (AvgIpc) is 3.09. The van der Waals surface area contributed by atoms with Crippen molar-refractivity contribution in [3.05, 3.63) is 78.4 Å². The van der Waals surface area contributed by atoms with E-state index in [9.17, 15) is 4.79 Å². The van der Waals surface area contributed by atoms with Crippen molar-refractivity contribution in [2.75, 3.05) is 5.32 Å². The lowest BCUT2D eigenvalue weighted by Crippen LogP contribution is -2.37. The molecule has 0 fully saturated rings. The Morgan fingerprint density at radius 3 is 2.35 bits per heavy atom. The number of carbonyl (C=O) groups excluding carboxylic acids is 1. The van der Waals surface area contributed by atoms with Crippen LogP contribution < -0.4 is 15.8 Å². The molecule has 0 bridgehead atoms. The van der Waals surface area contributed by atoms with Gasteiger partial charge >= 0.3 is 0 Å². The van der Waals surface area contributed by atoms with E-state index in [1.807, 2.05) is 61.9 Å². The Bertz CT molecular complexity index is 938. The van der Waals surface area contributed by atoms with E-state index in [1.54, 1.807) is 18.5 Å². The van der Waals surface area contributed by atoms with Crippen LogP contribution >= 0.6 is 24.8 Å². The quantitative estimate of drug-likeness (QED) is 0.540. The maximum atomic E-state index is 12.4. The van der Waals surface area contributed by atoms with Gasteiger partial charge in [0.1, 0.15) is 11.4 Å². The topological polar surface area (TPSA) is 82.2 Å². The molecule has 0 radical (unpaired) electrons. The van der Waals surface area contributed by atoms with Crippen LogP contribution in [0.1, 0.15) is 32.0 Å². The van der Waals surface area contributed by atoms with Crippen molar-refractivity contribution < 1.29 is 9.53 Å². The summed E-state index contributed by atoms with van der Waals surface area (Å²) in [5.41, 5.74) is 8.48. The maximum absolute atomic E-state index is 12.4. The third kappa shape index (κ3) is 8.61. The SMILES string of the molecule is CC(C)(C)Oc1ccc(NC(=O)[C@@H](N)Cc2cn(Cc3ccccc3)cn2)cc1.Cl.Cl. The molecule has 3 aromatic rings. The molecule has 6 nitrogen and oxygen atoms in total. The number of benzene rings is 2. The molecule has 0 unspecified atom stereocenters. The van der Waals surface area contributed by atoms with Crippen LogP contribution in [-0.4, -0.2) is 27.1 Å². The summed E-state index contributed by atoms with van der Waals surface area (Å²) >= 11 is 0. The summed E-state index contributed by atoms with van der Waals surface area (Å²) in [7, 11) is 0. The third-order valence-electron chi connectivity index (χ3n) is 4.21. The Hall–Kier alpha value is -2.54. The molecule has 0 saturated carbocycles. The second-order valence-electron chi connectivity index (χ2n) is 8.06. The van der Waals surface area contributed by atoms with Crippen LogP contribution in [-0.2, 0) is 17.8 Å². The molecule has 0 spiro atoms. The second kappa shape index (κ2) is 11.7. The molecule has 168 valence electrons. The summed E-state index contributed by atoms with van der Waals surface area (Å²) in [6.07, 6.45) is 4.07. The molecule has 1 atom stereocenters. The first-order valence-corrected chi connectivity index (χ1v) is 9.68. The first-order valence-electron chi connectivity index (χ1n) is 9.68. The Balaban J connectivity index is 0.00000240. The van der Waals surface area contributed by atoms with Gasteiger partial charge in [-0.05, 0) is 50.6 Å². The third-order valence-corrected chi connectivity index (χ3v) is 4.21. The predicted octanol–water partition coefficient (Wildman–Crippen LogP) is 4.46. The Labute approximate surface area is 196 Å². The van der Waals surface area contributed by atoms with Crippen LogP contribution in [0.25, 0.3) is 0 Å². The Kier molecular flexibility index (Phi) is 10.0. The monoisotopic (exact) mass is 464 g/mol. The summed E-state index contributed by atoms with van der Waals surface area (Å²) in [5.74, 6) is 0.510. The van der Waals surface area contributed by atoms with E-state index in [-0.39, 0.29) is 36.3 Å². The highest BCUT2D eigenvalue weighted by atomic mass is 35.5. The number of carbonyl (C=O) groups is 1. The number of amides is 1. The van der Waals surface area contributed by atoms with E-state index in [4.69, 9.17) is 10.5 Å². The number of imidazole rings is 1. The molecule has 31 heavy (non-hydrogen) atoms. The van der Waals surface area contributed by atoms with Gasteiger partial charge in [-0.15, -0.1) is 24.8 Å². The fourth-order valence-electron chi connectivity index (χ4n) is 2.91. The molecule has 3 N–H and O–H groups in total. The van der Waals surface area contributed by atoms with Gasteiger partial charge in [-0.2, -0.15) is 0 Å². The molecule has 2 aromatic carbocycles. The highest BCUT2D eigenvalue weighted by Crippen LogP contribution is 2.20. The van der Waals surface area contributed by atoms with Crippen molar-refractivity contribution in [2.45, 2.75) is 45.4 Å². The van der Waals surface area contributed by atoms with Crippen molar-refractivity contribution in [3.8, 4) is 5.75 Å². The van der Waals surface area contributed by atoms with Crippen LogP contribution in [0.15, 0.2) is 67.1 Å².